The molecular formula is C25H27F2N5O2. The van der Waals surface area contributed by atoms with Crippen molar-refractivity contribution in [2.75, 3.05) is 37.6 Å². The zero-order chi connectivity index (χ0) is 23.7. The van der Waals surface area contributed by atoms with Gasteiger partial charge in [0.25, 0.3) is 5.91 Å². The van der Waals surface area contributed by atoms with Crippen molar-refractivity contribution in [3.05, 3.63) is 78.1 Å². The highest BCUT2D eigenvalue weighted by molar-refractivity contribution is 5.85. The Kier molecular flexibility index (Phi) is 6.19. The van der Waals surface area contributed by atoms with Crippen molar-refractivity contribution < 1.29 is 18.4 Å². The van der Waals surface area contributed by atoms with Gasteiger partial charge in [-0.15, -0.1) is 0 Å². The fourth-order valence-corrected chi connectivity index (χ4v) is 4.81. The van der Waals surface area contributed by atoms with Crippen molar-refractivity contribution in [3.63, 3.8) is 0 Å². The Morgan fingerprint density at radius 1 is 0.971 bits per heavy atom. The van der Waals surface area contributed by atoms with Gasteiger partial charge in [-0.3, -0.25) is 9.59 Å². The molecule has 0 radical (unpaired) electrons. The number of rotatable bonds is 5. The van der Waals surface area contributed by atoms with E-state index in [0.29, 0.717) is 44.8 Å². The van der Waals surface area contributed by atoms with E-state index in [4.69, 9.17) is 0 Å². The molecule has 2 saturated heterocycles. The molecule has 9 heteroatoms. The van der Waals surface area contributed by atoms with E-state index >= 15 is 0 Å². The van der Waals surface area contributed by atoms with Gasteiger partial charge in [0, 0.05) is 51.5 Å². The quantitative estimate of drug-likeness (QED) is 0.733. The summed E-state index contributed by atoms with van der Waals surface area (Å²) in [5.41, 5.74) is 4.77. The summed E-state index contributed by atoms with van der Waals surface area (Å²) in [6, 6.07) is 12.5. The lowest BCUT2D eigenvalue weighted by molar-refractivity contribution is -0.136. The number of halogens is 2. The first kappa shape index (κ1) is 22.3. The summed E-state index contributed by atoms with van der Waals surface area (Å²) < 4.78 is 27.3. The van der Waals surface area contributed by atoms with Crippen LogP contribution in [0, 0.1) is 11.6 Å². The number of benzene rings is 2. The van der Waals surface area contributed by atoms with Gasteiger partial charge in [-0.2, -0.15) is 0 Å². The number of hydrogen-bond acceptors (Lipinski definition) is 5. The van der Waals surface area contributed by atoms with Gasteiger partial charge in [0.05, 0.1) is 11.7 Å². The average molecular weight is 468 g/mol. The Morgan fingerprint density at radius 3 is 2.44 bits per heavy atom. The minimum Gasteiger partial charge on any atom is -0.366 e. The lowest BCUT2D eigenvalue weighted by Gasteiger charge is -2.37. The number of hydrazine groups is 1. The number of para-hydroxylation sites is 1. The highest BCUT2D eigenvalue weighted by Gasteiger charge is 2.40. The monoisotopic (exact) mass is 467 g/mol. The predicted molar refractivity (Wildman–Crippen MR) is 123 cm³/mol. The second-order valence-corrected chi connectivity index (χ2v) is 8.79. The molecule has 2 fully saturated rings. The van der Waals surface area contributed by atoms with E-state index in [9.17, 15) is 18.4 Å². The summed E-state index contributed by atoms with van der Waals surface area (Å²) in [5.74, 6) is -0.614. The first-order valence-corrected chi connectivity index (χ1v) is 11.6. The third-order valence-corrected chi connectivity index (χ3v) is 6.74. The molecule has 178 valence electrons. The lowest BCUT2D eigenvalue weighted by Crippen LogP contribution is -2.51. The van der Waals surface area contributed by atoms with Crippen LogP contribution < -0.4 is 10.3 Å². The second kappa shape index (κ2) is 9.42. The topological polar surface area (TPSA) is 59.1 Å². The molecule has 34 heavy (non-hydrogen) atoms. The molecule has 2 amide bonds. The van der Waals surface area contributed by atoms with Gasteiger partial charge in [0.2, 0.25) is 5.91 Å². The number of fused-ring (bicyclic) bond motifs is 1. The van der Waals surface area contributed by atoms with Gasteiger partial charge >= 0.3 is 0 Å². The predicted octanol–water partition coefficient (Wildman–Crippen LogP) is 2.64. The molecule has 7 nitrogen and oxygen atoms in total. The van der Waals surface area contributed by atoms with Crippen molar-refractivity contribution in [3.8, 4) is 0 Å². The van der Waals surface area contributed by atoms with E-state index in [2.05, 4.69) is 5.43 Å². The van der Waals surface area contributed by atoms with Gasteiger partial charge < -0.3 is 19.7 Å². The number of carbonyl (C=O) groups excluding carboxylic acids is 2. The first-order chi connectivity index (χ1) is 16.5. The van der Waals surface area contributed by atoms with Crippen LogP contribution in [0.5, 0.6) is 0 Å². The molecule has 0 aromatic heterocycles. The molecule has 0 saturated carbocycles. The van der Waals surface area contributed by atoms with Gasteiger partial charge in [0.1, 0.15) is 17.7 Å². The van der Waals surface area contributed by atoms with Crippen LogP contribution in [0.15, 0.2) is 60.9 Å². The standard InChI is InChI=1S/C25H27F2N5O2/c26-19-7-5-18(6-8-19)21-17-23-25(34)31(15-16-32(23)28-21)10-9-24(33)30-13-11-29(12-14-30)22-4-2-1-3-20(22)27/h1-8,15-16,21,23,28H,9-14,17H2. The number of nitrogens with zero attached hydrogens (tertiary/aromatic N) is 4. The Labute approximate surface area is 197 Å². The molecule has 3 aliphatic rings. The second-order valence-electron chi connectivity index (χ2n) is 8.79. The Balaban J connectivity index is 1.12. The summed E-state index contributed by atoms with van der Waals surface area (Å²) in [6.07, 6.45) is 4.31. The summed E-state index contributed by atoms with van der Waals surface area (Å²) >= 11 is 0. The minimum atomic E-state index is -0.362. The van der Waals surface area contributed by atoms with E-state index in [1.165, 1.54) is 18.2 Å². The molecule has 0 spiro atoms. The lowest BCUT2D eigenvalue weighted by atomic mass is 10.0. The zero-order valence-electron chi connectivity index (χ0n) is 18.7. The minimum absolute atomic E-state index is 0.00875. The maximum atomic E-state index is 14.0. The summed E-state index contributed by atoms with van der Waals surface area (Å²) in [5, 5.41) is 1.79. The van der Waals surface area contributed by atoms with E-state index < -0.39 is 0 Å². The van der Waals surface area contributed by atoms with Crippen LogP contribution in [0.4, 0.5) is 14.5 Å². The number of carbonyl (C=O) groups is 2. The van der Waals surface area contributed by atoms with Crippen LogP contribution in [0.2, 0.25) is 0 Å². The van der Waals surface area contributed by atoms with Crippen molar-refractivity contribution in [1.29, 1.82) is 0 Å². The Hall–Kier alpha value is -3.46. The molecule has 1 N–H and O–H groups in total. The molecule has 0 aliphatic carbocycles. The Bertz CT molecular complexity index is 1080. The smallest absolute Gasteiger partial charge is 0.250 e. The van der Waals surface area contributed by atoms with E-state index in [-0.39, 0.29) is 42.0 Å². The van der Waals surface area contributed by atoms with E-state index in [0.717, 1.165) is 5.56 Å². The highest BCUT2D eigenvalue weighted by atomic mass is 19.1. The van der Waals surface area contributed by atoms with Crippen LogP contribution in [0.3, 0.4) is 0 Å². The molecule has 3 aliphatic heterocycles. The normalized spacial score (nSPS) is 22.4. The van der Waals surface area contributed by atoms with Gasteiger partial charge in [-0.1, -0.05) is 24.3 Å². The maximum absolute atomic E-state index is 14.0. The van der Waals surface area contributed by atoms with Crippen molar-refractivity contribution in [2.45, 2.75) is 24.9 Å². The molecule has 0 bridgehead atoms. The molecule has 5 rings (SSSR count). The number of hydrogen-bond donors (Lipinski definition) is 1. The van der Waals surface area contributed by atoms with Crippen molar-refractivity contribution >= 4 is 17.5 Å². The molecule has 2 aromatic rings. The number of anilines is 1. The van der Waals surface area contributed by atoms with Crippen molar-refractivity contribution in [1.82, 2.24) is 20.2 Å². The fraction of sp³-hybridized carbons (Fsp3) is 0.360. The van der Waals surface area contributed by atoms with Crippen LogP contribution in [-0.4, -0.2) is 65.4 Å². The Morgan fingerprint density at radius 2 is 1.71 bits per heavy atom. The average Bonchev–Trinajstić information content (AvgIpc) is 3.30. The maximum Gasteiger partial charge on any atom is 0.250 e. The highest BCUT2D eigenvalue weighted by Crippen LogP contribution is 2.31. The van der Waals surface area contributed by atoms with Gasteiger partial charge in [-0.05, 0) is 36.2 Å². The van der Waals surface area contributed by atoms with Crippen LogP contribution in [0.1, 0.15) is 24.4 Å². The largest absolute Gasteiger partial charge is 0.366 e. The van der Waals surface area contributed by atoms with Crippen LogP contribution >= 0.6 is 0 Å². The molecule has 2 aromatic carbocycles. The zero-order valence-corrected chi connectivity index (χ0v) is 18.7. The number of nitrogens with one attached hydrogen (secondary N) is 1. The van der Waals surface area contributed by atoms with Gasteiger partial charge in [-0.25, -0.2) is 14.2 Å². The first-order valence-electron chi connectivity index (χ1n) is 11.6. The summed E-state index contributed by atoms with van der Waals surface area (Å²) in [6.45, 7) is 2.51. The van der Waals surface area contributed by atoms with E-state index in [1.807, 2.05) is 17.2 Å². The number of piperazine rings is 1. The molecule has 3 heterocycles. The van der Waals surface area contributed by atoms with Gasteiger partial charge in [0.15, 0.2) is 0 Å². The summed E-state index contributed by atoms with van der Waals surface area (Å²) in [4.78, 5) is 31.1. The molecular weight excluding hydrogens is 440 g/mol. The number of amides is 2. The van der Waals surface area contributed by atoms with Crippen LogP contribution in [0.25, 0.3) is 0 Å². The van der Waals surface area contributed by atoms with Crippen molar-refractivity contribution in [2.24, 2.45) is 0 Å². The fourth-order valence-electron chi connectivity index (χ4n) is 4.81. The molecule has 2 unspecified atom stereocenters. The third-order valence-electron chi connectivity index (χ3n) is 6.74. The van der Waals surface area contributed by atoms with Crippen LogP contribution in [-0.2, 0) is 9.59 Å². The SMILES string of the molecule is O=C1C2CC(c3ccc(F)cc3)NN2C=CN1CCC(=O)N1CCN(c2ccccc2F)CC1. The van der Waals surface area contributed by atoms with E-state index in [1.54, 1.807) is 45.3 Å². The summed E-state index contributed by atoms with van der Waals surface area (Å²) in [7, 11) is 0. The third kappa shape index (κ3) is 4.48. The molecule has 2 atom stereocenters.